The molecule has 0 saturated heterocycles. The second-order valence-electron chi connectivity index (χ2n) is 4.88. The molecular formula is C14H16N2O3S2. The summed E-state index contributed by atoms with van der Waals surface area (Å²) in [6.45, 7) is 2.11. The van der Waals surface area contributed by atoms with Crippen molar-refractivity contribution in [2.24, 2.45) is 7.05 Å². The summed E-state index contributed by atoms with van der Waals surface area (Å²) in [4.78, 5) is 29.6. The third kappa shape index (κ3) is 2.60. The lowest BCUT2D eigenvalue weighted by atomic mass is 10.3. The first-order valence-electron chi connectivity index (χ1n) is 6.91. The zero-order valence-electron chi connectivity index (χ0n) is 12.0. The quantitative estimate of drug-likeness (QED) is 0.633. The van der Waals surface area contributed by atoms with E-state index in [1.807, 2.05) is 11.6 Å². The fraction of sp³-hybridized carbons (Fsp3) is 0.500. The van der Waals surface area contributed by atoms with Crippen molar-refractivity contribution < 1.29 is 9.53 Å². The van der Waals surface area contributed by atoms with Gasteiger partial charge in [-0.05, 0) is 26.2 Å². The molecule has 0 spiro atoms. The van der Waals surface area contributed by atoms with Crippen LogP contribution in [0, 0.1) is 10.0 Å². The van der Waals surface area contributed by atoms with Crippen LogP contribution >= 0.6 is 23.1 Å². The number of thioether (sulfide) groups is 1. The molecule has 0 fully saturated rings. The molecule has 3 aliphatic rings. The summed E-state index contributed by atoms with van der Waals surface area (Å²) in [5.41, 5.74) is 1.17. The molecule has 3 rings (SSSR count). The summed E-state index contributed by atoms with van der Waals surface area (Å²) < 4.78 is 7.63. The van der Waals surface area contributed by atoms with Crippen molar-refractivity contribution in [2.45, 2.75) is 31.2 Å². The van der Waals surface area contributed by atoms with Gasteiger partial charge in [-0.15, -0.1) is 11.3 Å². The van der Waals surface area contributed by atoms with Crippen molar-refractivity contribution in [3.05, 3.63) is 30.8 Å². The van der Waals surface area contributed by atoms with Crippen molar-refractivity contribution in [1.29, 1.82) is 0 Å². The van der Waals surface area contributed by atoms with E-state index in [1.54, 1.807) is 18.3 Å². The molecule has 0 aromatic heterocycles. The van der Waals surface area contributed by atoms with Gasteiger partial charge in [0.2, 0.25) is 5.43 Å². The van der Waals surface area contributed by atoms with Crippen LogP contribution in [-0.4, -0.2) is 27.9 Å². The topological polar surface area (TPSA) is 61.2 Å². The van der Waals surface area contributed by atoms with Crippen molar-refractivity contribution in [3.8, 4) is 0 Å². The summed E-state index contributed by atoms with van der Waals surface area (Å²) in [5.74, 6) is -0.190. The molecule has 2 aliphatic heterocycles. The standard InChI is InChI=1S/C14H16N2O3S2/c1-3-19-10(17)7-20-14-12(18)11-13(15-14)21-9-6-4-5-8(9)16(11)2/h3-7H2,1-2H3. The van der Waals surface area contributed by atoms with Gasteiger partial charge in [0.05, 0.1) is 12.4 Å². The van der Waals surface area contributed by atoms with Crippen LogP contribution in [0.5, 0.6) is 0 Å². The second kappa shape index (κ2) is 5.81. The number of nitrogens with zero attached hydrogens (tertiary/aromatic N) is 2. The fourth-order valence-corrected chi connectivity index (χ4v) is 4.68. The van der Waals surface area contributed by atoms with Gasteiger partial charge in [0.25, 0.3) is 0 Å². The van der Waals surface area contributed by atoms with Crippen LogP contribution in [0.4, 0.5) is 0 Å². The highest BCUT2D eigenvalue weighted by Crippen LogP contribution is 2.26. The minimum Gasteiger partial charge on any atom is -0.465 e. The first kappa shape index (κ1) is 14.6. The molecule has 0 N–H and O–H groups in total. The Morgan fingerprint density at radius 2 is 2.29 bits per heavy atom. The lowest BCUT2D eigenvalue weighted by Gasteiger charge is -2.05. The molecule has 5 nitrogen and oxygen atoms in total. The molecule has 0 amide bonds. The number of aryl methyl sites for hydroxylation is 1. The third-order valence-electron chi connectivity index (χ3n) is 3.55. The molecular weight excluding hydrogens is 308 g/mol. The molecule has 2 heterocycles. The van der Waals surface area contributed by atoms with Crippen molar-refractivity contribution in [3.63, 3.8) is 0 Å². The smallest absolute Gasteiger partial charge is 0.316 e. The molecule has 0 saturated carbocycles. The summed E-state index contributed by atoms with van der Waals surface area (Å²) >= 11 is 2.77. The summed E-state index contributed by atoms with van der Waals surface area (Å²) in [5, 5.41) is 1.06. The molecule has 0 aromatic rings. The van der Waals surface area contributed by atoms with Crippen LogP contribution in [0.2, 0.25) is 0 Å². The molecule has 0 radical (unpaired) electrons. The van der Waals surface area contributed by atoms with Crippen molar-refractivity contribution >= 4 is 29.1 Å². The van der Waals surface area contributed by atoms with E-state index in [2.05, 4.69) is 4.98 Å². The Morgan fingerprint density at radius 1 is 1.48 bits per heavy atom. The Bertz CT molecular complexity index is 809. The lowest BCUT2D eigenvalue weighted by molar-refractivity contribution is -0.139. The van der Waals surface area contributed by atoms with Gasteiger partial charge in [-0.1, -0.05) is 11.8 Å². The van der Waals surface area contributed by atoms with E-state index < -0.39 is 0 Å². The van der Waals surface area contributed by atoms with Crippen molar-refractivity contribution in [1.82, 2.24) is 9.55 Å². The molecule has 21 heavy (non-hydrogen) atoms. The van der Waals surface area contributed by atoms with Gasteiger partial charge >= 0.3 is 5.97 Å². The van der Waals surface area contributed by atoms with Crippen molar-refractivity contribution in [2.75, 3.05) is 12.4 Å². The first-order chi connectivity index (χ1) is 10.1. The maximum absolute atomic E-state index is 12.5. The molecule has 0 bridgehead atoms. The van der Waals surface area contributed by atoms with E-state index in [0.29, 0.717) is 17.0 Å². The highest BCUT2D eigenvalue weighted by molar-refractivity contribution is 7.99. The predicted octanol–water partition coefficient (Wildman–Crippen LogP) is 1.71. The molecule has 7 heteroatoms. The Morgan fingerprint density at radius 3 is 3.05 bits per heavy atom. The highest BCUT2D eigenvalue weighted by atomic mass is 32.2. The fourth-order valence-electron chi connectivity index (χ4n) is 2.61. The number of hydrogen-bond acceptors (Lipinski definition) is 6. The van der Waals surface area contributed by atoms with Crippen LogP contribution < -0.4 is 5.43 Å². The number of carbonyl (C=O) groups excluding carboxylic acids is 1. The average Bonchev–Trinajstić information content (AvgIpc) is 3.03. The molecule has 0 atom stereocenters. The molecule has 1 aliphatic carbocycles. The minimum absolute atomic E-state index is 0.0762. The Labute approximate surface area is 130 Å². The Balaban J connectivity index is 1.97. The summed E-state index contributed by atoms with van der Waals surface area (Å²) in [7, 11) is 1.93. The van der Waals surface area contributed by atoms with Gasteiger partial charge in [0, 0.05) is 17.6 Å². The van der Waals surface area contributed by atoms with Crippen LogP contribution in [0.1, 0.15) is 23.9 Å². The Kier molecular flexibility index (Phi) is 4.03. The van der Waals surface area contributed by atoms with E-state index in [4.69, 9.17) is 4.74 Å². The number of aromatic nitrogens is 2. The summed E-state index contributed by atoms with van der Waals surface area (Å²) in [6, 6.07) is 0. The number of carbonyl (C=O) groups is 1. The van der Waals surface area contributed by atoms with Crippen LogP contribution in [0.25, 0.3) is 0 Å². The number of hydrogen-bond donors (Lipinski definition) is 0. The first-order valence-corrected chi connectivity index (χ1v) is 8.71. The van der Waals surface area contributed by atoms with Gasteiger partial charge < -0.3 is 9.30 Å². The molecule has 112 valence electrons. The van der Waals surface area contributed by atoms with E-state index in [-0.39, 0.29) is 17.2 Å². The normalized spacial score (nSPS) is 13.6. The van der Waals surface area contributed by atoms with Crippen LogP contribution in [-0.2, 0) is 29.4 Å². The summed E-state index contributed by atoms with van der Waals surface area (Å²) in [6.07, 6.45) is 3.23. The highest BCUT2D eigenvalue weighted by Gasteiger charge is 2.19. The number of fused-ring (bicyclic) bond motifs is 1. The SMILES string of the molecule is CCOC(=O)CSc1nc2sc3c(n(C)c=2c1=O)CCC3. The minimum atomic E-state index is -0.315. The zero-order valence-corrected chi connectivity index (χ0v) is 13.6. The van der Waals surface area contributed by atoms with Gasteiger partial charge in [-0.2, -0.15) is 0 Å². The third-order valence-corrected chi connectivity index (χ3v) is 5.64. The zero-order chi connectivity index (χ0) is 15.0. The maximum atomic E-state index is 12.5. The van der Waals surface area contributed by atoms with Crippen LogP contribution in [0.15, 0.2) is 9.82 Å². The van der Waals surface area contributed by atoms with E-state index in [9.17, 15) is 9.59 Å². The van der Waals surface area contributed by atoms with Gasteiger partial charge in [0.1, 0.15) is 15.0 Å². The van der Waals surface area contributed by atoms with E-state index in [1.165, 1.54) is 10.6 Å². The Hall–Kier alpha value is -1.34. The second-order valence-corrected chi connectivity index (χ2v) is 6.93. The predicted molar refractivity (Wildman–Crippen MR) is 82.0 cm³/mol. The number of rotatable bonds is 4. The number of ether oxygens (including phenoxy) is 1. The molecule has 0 unspecified atom stereocenters. The van der Waals surface area contributed by atoms with E-state index >= 15 is 0 Å². The molecule has 0 aromatic carbocycles. The lowest BCUT2D eigenvalue weighted by Crippen LogP contribution is -2.12. The van der Waals surface area contributed by atoms with E-state index in [0.717, 1.165) is 35.7 Å². The van der Waals surface area contributed by atoms with Crippen LogP contribution in [0.3, 0.4) is 0 Å². The van der Waals surface area contributed by atoms with Gasteiger partial charge in [-0.3, -0.25) is 9.59 Å². The van der Waals surface area contributed by atoms with Gasteiger partial charge in [-0.25, -0.2) is 4.98 Å². The monoisotopic (exact) mass is 324 g/mol. The largest absolute Gasteiger partial charge is 0.465 e. The van der Waals surface area contributed by atoms with Gasteiger partial charge in [0.15, 0.2) is 0 Å². The number of esters is 1. The maximum Gasteiger partial charge on any atom is 0.316 e. The average molecular weight is 324 g/mol.